The molecule has 20 heavy (non-hydrogen) atoms. The van der Waals surface area contributed by atoms with Crippen LogP contribution in [0.1, 0.15) is 64.0 Å². The Hall–Kier alpha value is -0.600. The molecule has 1 aromatic rings. The van der Waals surface area contributed by atoms with Crippen molar-refractivity contribution in [1.29, 1.82) is 0 Å². The van der Waals surface area contributed by atoms with Gasteiger partial charge >= 0.3 is 0 Å². The number of benzene rings is 1. The highest BCUT2D eigenvalue weighted by atomic mass is 35.5. The summed E-state index contributed by atoms with van der Waals surface area (Å²) in [5, 5.41) is 4.29. The zero-order valence-electron chi connectivity index (χ0n) is 12.5. The van der Waals surface area contributed by atoms with Gasteiger partial charge in [-0.15, -0.1) is 0 Å². The maximum absolute atomic E-state index is 13.6. The molecule has 0 heterocycles. The molecule has 0 saturated heterocycles. The zero-order chi connectivity index (χ0) is 14.6. The molecule has 1 unspecified atom stereocenters. The van der Waals surface area contributed by atoms with Crippen LogP contribution in [0.2, 0.25) is 5.02 Å². The number of halogens is 2. The van der Waals surface area contributed by atoms with Gasteiger partial charge in [-0.25, -0.2) is 4.39 Å². The van der Waals surface area contributed by atoms with Crippen molar-refractivity contribution in [2.45, 2.75) is 58.4 Å². The van der Waals surface area contributed by atoms with Crippen LogP contribution in [0.4, 0.5) is 4.39 Å². The minimum Gasteiger partial charge on any atom is -0.309 e. The predicted octanol–water partition coefficient (Wildman–Crippen LogP) is 5.49. The molecule has 2 rings (SSSR count). The van der Waals surface area contributed by atoms with Gasteiger partial charge in [0, 0.05) is 11.1 Å². The molecule has 1 nitrogen and oxygen atoms in total. The SMILES string of the molecule is CCCNC(c1cc(F)ccc1Cl)C1(C)CCCCC1. The van der Waals surface area contributed by atoms with E-state index in [9.17, 15) is 4.39 Å². The highest BCUT2D eigenvalue weighted by molar-refractivity contribution is 6.31. The van der Waals surface area contributed by atoms with Crippen LogP contribution >= 0.6 is 11.6 Å². The molecular formula is C17H25ClFN. The van der Waals surface area contributed by atoms with Crippen LogP contribution in [0.5, 0.6) is 0 Å². The molecule has 0 radical (unpaired) electrons. The first-order chi connectivity index (χ1) is 9.57. The standard InChI is InChI=1S/C17H25ClFN/c1-3-11-20-16(17(2)9-5-4-6-10-17)14-12-13(19)7-8-15(14)18/h7-8,12,16,20H,3-6,9-11H2,1-2H3. The number of hydrogen-bond donors (Lipinski definition) is 1. The molecule has 112 valence electrons. The second-order valence-electron chi connectivity index (χ2n) is 6.27. The Labute approximate surface area is 126 Å². The fourth-order valence-corrected chi connectivity index (χ4v) is 3.63. The number of rotatable bonds is 5. The summed E-state index contributed by atoms with van der Waals surface area (Å²) in [5.41, 5.74) is 1.09. The van der Waals surface area contributed by atoms with Crippen LogP contribution in [0, 0.1) is 11.2 Å². The Morgan fingerprint density at radius 1 is 1.30 bits per heavy atom. The first kappa shape index (κ1) is 15.8. The zero-order valence-corrected chi connectivity index (χ0v) is 13.3. The Morgan fingerprint density at radius 3 is 2.65 bits per heavy atom. The lowest BCUT2D eigenvalue weighted by Gasteiger charge is -2.42. The molecule has 1 fully saturated rings. The molecule has 1 aliphatic rings. The van der Waals surface area contributed by atoms with E-state index in [-0.39, 0.29) is 17.3 Å². The smallest absolute Gasteiger partial charge is 0.123 e. The lowest BCUT2D eigenvalue weighted by molar-refractivity contribution is 0.144. The van der Waals surface area contributed by atoms with Crippen LogP contribution in [0.3, 0.4) is 0 Å². The summed E-state index contributed by atoms with van der Waals surface area (Å²) >= 11 is 6.34. The van der Waals surface area contributed by atoms with Gasteiger partial charge < -0.3 is 5.32 Å². The van der Waals surface area contributed by atoms with Gasteiger partial charge in [0.2, 0.25) is 0 Å². The lowest BCUT2D eigenvalue weighted by Crippen LogP contribution is -2.38. The molecule has 1 N–H and O–H groups in total. The second-order valence-corrected chi connectivity index (χ2v) is 6.67. The molecule has 1 aromatic carbocycles. The van der Waals surface area contributed by atoms with Crippen LogP contribution in [-0.4, -0.2) is 6.54 Å². The van der Waals surface area contributed by atoms with Gasteiger partial charge in [0.05, 0.1) is 0 Å². The Morgan fingerprint density at radius 2 is 2.00 bits per heavy atom. The minimum absolute atomic E-state index is 0.144. The molecule has 0 spiro atoms. The third-order valence-corrected chi connectivity index (χ3v) is 4.90. The topological polar surface area (TPSA) is 12.0 Å². The minimum atomic E-state index is -0.202. The van der Waals surface area contributed by atoms with Crippen LogP contribution in [-0.2, 0) is 0 Å². The molecule has 3 heteroatoms. The van der Waals surface area contributed by atoms with Gasteiger partial charge in [-0.3, -0.25) is 0 Å². The van der Waals surface area contributed by atoms with Crippen molar-refractivity contribution in [3.05, 3.63) is 34.6 Å². The van der Waals surface area contributed by atoms with Crippen molar-refractivity contribution < 1.29 is 4.39 Å². The predicted molar refractivity (Wildman–Crippen MR) is 83.6 cm³/mol. The van der Waals surface area contributed by atoms with Crippen molar-refractivity contribution >= 4 is 11.6 Å². The summed E-state index contributed by atoms with van der Waals surface area (Å²) < 4.78 is 13.6. The van der Waals surface area contributed by atoms with Gasteiger partial charge in [0.1, 0.15) is 5.82 Å². The van der Waals surface area contributed by atoms with Gasteiger partial charge in [0.15, 0.2) is 0 Å². The van der Waals surface area contributed by atoms with E-state index in [0.717, 1.165) is 18.5 Å². The first-order valence-electron chi connectivity index (χ1n) is 7.75. The van der Waals surface area contributed by atoms with E-state index in [1.54, 1.807) is 12.1 Å². The largest absolute Gasteiger partial charge is 0.309 e. The normalized spacial score (nSPS) is 19.8. The average molecular weight is 298 g/mol. The molecule has 1 aliphatic carbocycles. The molecule has 0 aliphatic heterocycles. The third kappa shape index (κ3) is 3.53. The Bertz CT molecular complexity index is 441. The number of nitrogens with one attached hydrogen (secondary N) is 1. The molecular weight excluding hydrogens is 273 g/mol. The third-order valence-electron chi connectivity index (χ3n) is 4.56. The Balaban J connectivity index is 2.33. The molecule has 0 aromatic heterocycles. The van der Waals surface area contributed by atoms with Crippen molar-refractivity contribution in [2.75, 3.05) is 6.54 Å². The van der Waals surface area contributed by atoms with Gasteiger partial charge in [-0.1, -0.05) is 44.7 Å². The summed E-state index contributed by atoms with van der Waals surface area (Å²) in [4.78, 5) is 0. The van der Waals surface area contributed by atoms with Crippen molar-refractivity contribution in [2.24, 2.45) is 5.41 Å². The van der Waals surface area contributed by atoms with E-state index in [1.165, 1.54) is 38.2 Å². The highest BCUT2D eigenvalue weighted by Crippen LogP contribution is 2.47. The fourth-order valence-electron chi connectivity index (χ4n) is 3.40. The maximum Gasteiger partial charge on any atom is 0.123 e. The monoisotopic (exact) mass is 297 g/mol. The van der Waals surface area contributed by atoms with Crippen molar-refractivity contribution in [3.63, 3.8) is 0 Å². The van der Waals surface area contributed by atoms with Crippen LogP contribution < -0.4 is 5.32 Å². The average Bonchev–Trinajstić information content (AvgIpc) is 2.43. The maximum atomic E-state index is 13.6. The summed E-state index contributed by atoms with van der Waals surface area (Å²) in [7, 11) is 0. The van der Waals surface area contributed by atoms with Crippen molar-refractivity contribution in [3.8, 4) is 0 Å². The van der Waals surface area contributed by atoms with Gasteiger partial charge in [-0.05, 0) is 55.0 Å². The van der Waals surface area contributed by atoms with E-state index < -0.39 is 0 Å². The summed E-state index contributed by atoms with van der Waals surface area (Å²) in [6.45, 7) is 5.41. The molecule has 1 saturated carbocycles. The van der Waals surface area contributed by atoms with Crippen LogP contribution in [0.25, 0.3) is 0 Å². The van der Waals surface area contributed by atoms with Crippen LogP contribution in [0.15, 0.2) is 18.2 Å². The van der Waals surface area contributed by atoms with E-state index in [2.05, 4.69) is 19.2 Å². The summed E-state index contributed by atoms with van der Waals surface area (Å²) in [6.07, 6.45) is 7.26. The second kappa shape index (κ2) is 6.91. The molecule has 0 bridgehead atoms. The molecule has 1 atom stereocenters. The Kier molecular flexibility index (Phi) is 5.45. The lowest BCUT2D eigenvalue weighted by atomic mass is 9.68. The molecule has 0 amide bonds. The van der Waals surface area contributed by atoms with E-state index in [4.69, 9.17) is 11.6 Å². The quantitative estimate of drug-likeness (QED) is 0.757. The highest BCUT2D eigenvalue weighted by Gasteiger charge is 2.37. The van der Waals surface area contributed by atoms with E-state index in [0.29, 0.717) is 5.02 Å². The van der Waals surface area contributed by atoms with Gasteiger partial charge in [0.25, 0.3) is 0 Å². The van der Waals surface area contributed by atoms with Gasteiger partial charge in [-0.2, -0.15) is 0 Å². The summed E-state index contributed by atoms with van der Waals surface area (Å²) in [5.74, 6) is -0.202. The van der Waals surface area contributed by atoms with E-state index >= 15 is 0 Å². The summed E-state index contributed by atoms with van der Waals surface area (Å²) in [6, 6.07) is 4.87. The van der Waals surface area contributed by atoms with Crippen molar-refractivity contribution in [1.82, 2.24) is 5.32 Å². The fraction of sp³-hybridized carbons (Fsp3) is 0.647. The first-order valence-corrected chi connectivity index (χ1v) is 8.13. The number of hydrogen-bond acceptors (Lipinski definition) is 1. The van der Waals surface area contributed by atoms with E-state index in [1.807, 2.05) is 0 Å².